The van der Waals surface area contributed by atoms with Crippen LogP contribution in [-0.4, -0.2) is 21.4 Å². The average Bonchev–Trinajstić information content (AvgIpc) is 2.97. The second kappa shape index (κ2) is 6.97. The topological polar surface area (TPSA) is 39.9 Å². The van der Waals surface area contributed by atoms with Crippen molar-refractivity contribution in [1.29, 1.82) is 0 Å². The Bertz CT molecular complexity index is 625. The molecule has 1 heterocycles. The minimum atomic E-state index is -0.121. The summed E-state index contributed by atoms with van der Waals surface area (Å²) in [6, 6.07) is 7.83. The molecule has 1 aromatic heterocycles. The van der Waals surface area contributed by atoms with Gasteiger partial charge < -0.3 is 4.74 Å². The maximum absolute atomic E-state index is 5.97. The van der Waals surface area contributed by atoms with Crippen LogP contribution in [-0.2, 0) is 11.2 Å². The van der Waals surface area contributed by atoms with Gasteiger partial charge in [0.2, 0.25) is 0 Å². The summed E-state index contributed by atoms with van der Waals surface area (Å²) in [6.45, 7) is 9.02. The summed E-state index contributed by atoms with van der Waals surface area (Å²) >= 11 is 5.97. The number of hydrogen-bond acceptors (Lipinski definition) is 3. The molecule has 0 bridgehead atoms. The van der Waals surface area contributed by atoms with Crippen LogP contribution in [0, 0.1) is 5.41 Å². The van der Waals surface area contributed by atoms with Crippen molar-refractivity contribution in [3.05, 3.63) is 53.3 Å². The van der Waals surface area contributed by atoms with E-state index in [9.17, 15) is 0 Å². The predicted octanol–water partition coefficient (Wildman–Crippen LogP) is 4.43. The number of nitrogens with zero attached hydrogens (tertiary/aromatic N) is 3. The summed E-state index contributed by atoms with van der Waals surface area (Å²) in [7, 11) is 0. The molecule has 0 aliphatic carbocycles. The van der Waals surface area contributed by atoms with Gasteiger partial charge >= 0.3 is 0 Å². The maximum atomic E-state index is 5.97. The number of allylic oxidation sites excluding steroid dienone is 2. The standard InChI is InChI=1S/C17H22ClN3O/c1-5-22-16(17(2,3)4)15(21-12-19-11-20-21)10-13-6-8-14(18)9-7-13/h6-9,11-12H,5,10H2,1-4H3/b16-15+. The zero-order valence-electron chi connectivity index (χ0n) is 13.5. The molecule has 4 nitrogen and oxygen atoms in total. The first-order valence-electron chi connectivity index (χ1n) is 7.37. The minimum Gasteiger partial charge on any atom is -0.496 e. The fraction of sp³-hybridized carbons (Fsp3) is 0.412. The van der Waals surface area contributed by atoms with Crippen LogP contribution in [0.2, 0.25) is 5.02 Å². The van der Waals surface area contributed by atoms with Gasteiger partial charge in [-0.05, 0) is 24.6 Å². The van der Waals surface area contributed by atoms with Gasteiger partial charge in [0.05, 0.1) is 12.3 Å². The van der Waals surface area contributed by atoms with E-state index in [1.165, 1.54) is 6.33 Å². The van der Waals surface area contributed by atoms with Gasteiger partial charge in [0.25, 0.3) is 0 Å². The smallest absolute Gasteiger partial charge is 0.138 e. The molecule has 0 atom stereocenters. The van der Waals surface area contributed by atoms with Crippen LogP contribution >= 0.6 is 11.6 Å². The Labute approximate surface area is 136 Å². The highest BCUT2D eigenvalue weighted by Gasteiger charge is 2.24. The van der Waals surface area contributed by atoms with Crippen LogP contribution in [0.3, 0.4) is 0 Å². The first-order valence-corrected chi connectivity index (χ1v) is 7.75. The van der Waals surface area contributed by atoms with E-state index in [-0.39, 0.29) is 5.41 Å². The zero-order chi connectivity index (χ0) is 16.2. The van der Waals surface area contributed by atoms with Gasteiger partial charge in [-0.15, -0.1) is 0 Å². The van der Waals surface area contributed by atoms with Gasteiger partial charge in [-0.2, -0.15) is 5.10 Å². The molecule has 22 heavy (non-hydrogen) atoms. The van der Waals surface area contributed by atoms with Crippen molar-refractivity contribution in [1.82, 2.24) is 14.8 Å². The highest BCUT2D eigenvalue weighted by Crippen LogP contribution is 2.32. The van der Waals surface area contributed by atoms with Gasteiger partial charge in [-0.3, -0.25) is 0 Å². The Morgan fingerprint density at radius 1 is 1.23 bits per heavy atom. The molecular weight excluding hydrogens is 298 g/mol. The fourth-order valence-corrected chi connectivity index (χ4v) is 2.41. The normalized spacial score (nSPS) is 13.0. The number of benzene rings is 1. The summed E-state index contributed by atoms with van der Waals surface area (Å²) < 4.78 is 7.74. The van der Waals surface area contributed by atoms with Crippen molar-refractivity contribution >= 4 is 17.3 Å². The Hall–Kier alpha value is -1.81. The third-order valence-corrected chi connectivity index (χ3v) is 3.46. The van der Waals surface area contributed by atoms with E-state index in [1.54, 1.807) is 11.0 Å². The van der Waals surface area contributed by atoms with E-state index >= 15 is 0 Å². The molecule has 0 radical (unpaired) electrons. The van der Waals surface area contributed by atoms with Crippen LogP contribution in [0.5, 0.6) is 0 Å². The van der Waals surface area contributed by atoms with Gasteiger partial charge in [0.15, 0.2) is 0 Å². The van der Waals surface area contributed by atoms with Crippen LogP contribution in [0.1, 0.15) is 33.3 Å². The fourth-order valence-electron chi connectivity index (χ4n) is 2.29. The lowest BCUT2D eigenvalue weighted by Crippen LogP contribution is -2.18. The SMILES string of the molecule is CCO/C(=C(\Cc1ccc(Cl)cc1)n1cncn1)C(C)(C)C. The van der Waals surface area contributed by atoms with E-state index in [1.807, 2.05) is 31.2 Å². The summed E-state index contributed by atoms with van der Waals surface area (Å²) in [6.07, 6.45) is 3.94. The third kappa shape index (κ3) is 4.10. The Balaban J connectivity index is 2.48. The first kappa shape index (κ1) is 16.6. The van der Waals surface area contributed by atoms with E-state index in [0.717, 1.165) is 22.0 Å². The molecule has 118 valence electrons. The van der Waals surface area contributed by atoms with Gasteiger partial charge in [0, 0.05) is 16.9 Å². The van der Waals surface area contributed by atoms with Crippen molar-refractivity contribution in [3.63, 3.8) is 0 Å². The molecular formula is C17H22ClN3O. The number of hydrogen-bond donors (Lipinski definition) is 0. The number of halogens is 1. The lowest BCUT2D eigenvalue weighted by atomic mass is 9.91. The Morgan fingerprint density at radius 3 is 2.41 bits per heavy atom. The minimum absolute atomic E-state index is 0.121. The van der Waals surface area contributed by atoms with Gasteiger partial charge in [0.1, 0.15) is 18.4 Å². The molecule has 2 rings (SSSR count). The van der Waals surface area contributed by atoms with Crippen LogP contribution in [0.4, 0.5) is 0 Å². The monoisotopic (exact) mass is 319 g/mol. The molecule has 5 heteroatoms. The Morgan fingerprint density at radius 2 is 1.91 bits per heavy atom. The molecule has 0 aliphatic heterocycles. The molecule has 0 saturated heterocycles. The molecule has 2 aromatic rings. The second-order valence-corrected chi connectivity index (χ2v) is 6.54. The van der Waals surface area contributed by atoms with Crippen molar-refractivity contribution < 1.29 is 4.74 Å². The molecule has 0 fully saturated rings. The molecule has 1 aromatic carbocycles. The number of aromatic nitrogens is 3. The van der Waals surface area contributed by atoms with E-state index in [2.05, 4.69) is 30.9 Å². The molecule has 0 aliphatic rings. The highest BCUT2D eigenvalue weighted by atomic mass is 35.5. The van der Waals surface area contributed by atoms with Gasteiger partial charge in [-0.1, -0.05) is 44.5 Å². The lowest BCUT2D eigenvalue weighted by molar-refractivity contribution is 0.163. The number of ether oxygens (including phenoxy) is 1. The van der Waals surface area contributed by atoms with E-state index in [0.29, 0.717) is 13.0 Å². The zero-order valence-corrected chi connectivity index (χ0v) is 14.3. The maximum Gasteiger partial charge on any atom is 0.138 e. The molecule has 0 N–H and O–H groups in total. The first-order chi connectivity index (χ1) is 10.4. The Kier molecular flexibility index (Phi) is 5.24. The summed E-state index contributed by atoms with van der Waals surface area (Å²) in [4.78, 5) is 4.06. The largest absolute Gasteiger partial charge is 0.496 e. The number of rotatable bonds is 5. The molecule has 0 saturated carbocycles. The van der Waals surface area contributed by atoms with Gasteiger partial charge in [-0.25, -0.2) is 9.67 Å². The average molecular weight is 320 g/mol. The lowest BCUT2D eigenvalue weighted by Gasteiger charge is -2.26. The quantitative estimate of drug-likeness (QED) is 0.766. The van der Waals surface area contributed by atoms with Crippen LogP contribution in [0.15, 0.2) is 42.7 Å². The predicted molar refractivity (Wildman–Crippen MR) is 89.5 cm³/mol. The summed E-state index contributed by atoms with van der Waals surface area (Å²) in [5, 5.41) is 5.02. The second-order valence-electron chi connectivity index (χ2n) is 6.10. The molecule has 0 spiro atoms. The van der Waals surface area contributed by atoms with Crippen molar-refractivity contribution in [3.8, 4) is 0 Å². The summed E-state index contributed by atoms with van der Waals surface area (Å²) in [5.41, 5.74) is 2.02. The van der Waals surface area contributed by atoms with Crippen LogP contribution < -0.4 is 0 Å². The van der Waals surface area contributed by atoms with Crippen molar-refractivity contribution in [2.45, 2.75) is 34.1 Å². The van der Waals surface area contributed by atoms with E-state index in [4.69, 9.17) is 16.3 Å². The van der Waals surface area contributed by atoms with Crippen molar-refractivity contribution in [2.75, 3.05) is 6.61 Å². The summed E-state index contributed by atoms with van der Waals surface area (Å²) in [5.74, 6) is 0.926. The third-order valence-electron chi connectivity index (χ3n) is 3.21. The molecule has 0 amide bonds. The van der Waals surface area contributed by atoms with E-state index < -0.39 is 0 Å². The molecule has 0 unspecified atom stereocenters. The highest BCUT2D eigenvalue weighted by molar-refractivity contribution is 6.30. The van der Waals surface area contributed by atoms with Crippen LogP contribution in [0.25, 0.3) is 5.70 Å². The van der Waals surface area contributed by atoms with Crippen molar-refractivity contribution in [2.24, 2.45) is 5.41 Å².